The number of rotatable bonds is 9. The number of aromatic nitrogens is 2. The molecular formula is C18H18F2N2O4. The van der Waals surface area contributed by atoms with E-state index in [4.69, 9.17) is 14.6 Å². The van der Waals surface area contributed by atoms with Gasteiger partial charge in [-0.1, -0.05) is 0 Å². The van der Waals surface area contributed by atoms with Gasteiger partial charge in [0.15, 0.2) is 23.2 Å². The van der Waals surface area contributed by atoms with E-state index in [0.717, 1.165) is 25.0 Å². The van der Waals surface area contributed by atoms with E-state index < -0.39 is 23.4 Å². The van der Waals surface area contributed by atoms with Gasteiger partial charge in [-0.3, -0.25) is 4.79 Å². The second-order valence-electron chi connectivity index (χ2n) is 6.09. The van der Waals surface area contributed by atoms with Gasteiger partial charge in [-0.2, -0.15) is 4.98 Å². The van der Waals surface area contributed by atoms with Gasteiger partial charge in [-0.25, -0.2) is 13.8 Å². The maximum atomic E-state index is 14.2. The number of halogens is 2. The van der Waals surface area contributed by atoms with Gasteiger partial charge in [0.2, 0.25) is 5.88 Å². The Balaban J connectivity index is 1.70. The smallest absolute Gasteiger partial charge is 0.303 e. The lowest BCUT2D eigenvalue weighted by Crippen LogP contribution is -2.05. The van der Waals surface area contributed by atoms with Crippen molar-refractivity contribution in [3.8, 4) is 23.0 Å². The second kappa shape index (κ2) is 8.07. The van der Waals surface area contributed by atoms with E-state index in [9.17, 15) is 13.6 Å². The lowest BCUT2D eigenvalue weighted by molar-refractivity contribution is -0.137. The van der Waals surface area contributed by atoms with Gasteiger partial charge in [0, 0.05) is 24.2 Å². The molecule has 0 aliphatic heterocycles. The lowest BCUT2D eigenvalue weighted by Gasteiger charge is -2.10. The summed E-state index contributed by atoms with van der Waals surface area (Å²) in [6.07, 6.45) is 3.77. The molecule has 1 fully saturated rings. The molecule has 1 aromatic carbocycles. The number of hydrogen-bond acceptors (Lipinski definition) is 5. The van der Waals surface area contributed by atoms with Crippen LogP contribution in [0.3, 0.4) is 0 Å². The zero-order valence-corrected chi connectivity index (χ0v) is 14.0. The van der Waals surface area contributed by atoms with Gasteiger partial charge in [-0.05, 0) is 37.3 Å². The van der Waals surface area contributed by atoms with Crippen LogP contribution in [-0.2, 0) is 4.79 Å². The zero-order chi connectivity index (χ0) is 18.5. The number of carboxylic acid groups (broad SMARTS) is 1. The van der Waals surface area contributed by atoms with Crippen molar-refractivity contribution in [2.45, 2.75) is 25.7 Å². The Morgan fingerprint density at radius 1 is 1.23 bits per heavy atom. The highest BCUT2D eigenvalue weighted by Gasteiger charge is 2.22. The first-order valence-electron chi connectivity index (χ1n) is 8.33. The van der Waals surface area contributed by atoms with E-state index in [-0.39, 0.29) is 30.8 Å². The third-order valence-electron chi connectivity index (χ3n) is 3.83. The fourth-order valence-electron chi connectivity index (χ4n) is 2.27. The summed E-state index contributed by atoms with van der Waals surface area (Å²) in [6.45, 7) is 0.475. The van der Waals surface area contributed by atoms with Gasteiger partial charge in [0.05, 0.1) is 13.2 Å². The van der Waals surface area contributed by atoms with Crippen molar-refractivity contribution in [3.63, 3.8) is 0 Å². The standard InChI is InChI=1S/C18H18F2N2O4/c19-13-8-12(9-14(20)17(13)25-7-1-2-16(23)24)18-21-6-5-15(22-18)26-10-11-3-4-11/h5-6,8-9,11H,1-4,7,10H2,(H,23,24). The van der Waals surface area contributed by atoms with Gasteiger partial charge < -0.3 is 14.6 Å². The highest BCUT2D eigenvalue weighted by atomic mass is 19.1. The minimum atomic E-state index is -0.995. The number of benzene rings is 1. The Morgan fingerprint density at radius 3 is 2.62 bits per heavy atom. The minimum Gasteiger partial charge on any atom is -0.488 e. The third kappa shape index (κ3) is 4.87. The van der Waals surface area contributed by atoms with Crippen LogP contribution >= 0.6 is 0 Å². The van der Waals surface area contributed by atoms with E-state index >= 15 is 0 Å². The summed E-state index contributed by atoms with van der Waals surface area (Å²) in [6, 6.07) is 3.75. The monoisotopic (exact) mass is 364 g/mol. The molecule has 1 aromatic heterocycles. The van der Waals surface area contributed by atoms with Crippen molar-refractivity contribution in [1.82, 2.24) is 9.97 Å². The van der Waals surface area contributed by atoms with Crippen molar-refractivity contribution in [3.05, 3.63) is 36.0 Å². The molecule has 0 amide bonds. The van der Waals surface area contributed by atoms with Crippen LogP contribution in [0.4, 0.5) is 8.78 Å². The molecule has 26 heavy (non-hydrogen) atoms. The average molecular weight is 364 g/mol. The average Bonchev–Trinajstić information content (AvgIpc) is 3.43. The van der Waals surface area contributed by atoms with E-state index in [0.29, 0.717) is 18.4 Å². The van der Waals surface area contributed by atoms with Crippen molar-refractivity contribution >= 4 is 5.97 Å². The van der Waals surface area contributed by atoms with Crippen molar-refractivity contribution in [2.75, 3.05) is 13.2 Å². The van der Waals surface area contributed by atoms with Crippen LogP contribution < -0.4 is 9.47 Å². The van der Waals surface area contributed by atoms with Crippen LogP contribution in [0.25, 0.3) is 11.4 Å². The Bertz CT molecular complexity index is 774. The summed E-state index contributed by atoms with van der Waals surface area (Å²) in [7, 11) is 0. The Kier molecular flexibility index (Phi) is 5.60. The summed E-state index contributed by atoms with van der Waals surface area (Å²) in [4.78, 5) is 18.6. The molecule has 8 heteroatoms. The van der Waals surface area contributed by atoms with Gasteiger partial charge in [0.25, 0.3) is 0 Å². The molecule has 1 heterocycles. The number of carbonyl (C=O) groups is 1. The highest BCUT2D eigenvalue weighted by Crippen LogP contribution is 2.30. The molecule has 0 saturated heterocycles. The normalized spacial score (nSPS) is 13.5. The largest absolute Gasteiger partial charge is 0.488 e. The minimum absolute atomic E-state index is 0.0967. The first-order chi connectivity index (χ1) is 12.5. The highest BCUT2D eigenvalue weighted by molar-refractivity contribution is 5.66. The van der Waals surface area contributed by atoms with Gasteiger partial charge >= 0.3 is 5.97 Å². The van der Waals surface area contributed by atoms with E-state index in [1.807, 2.05) is 0 Å². The van der Waals surface area contributed by atoms with E-state index in [1.54, 1.807) is 6.07 Å². The molecule has 1 aliphatic rings. The van der Waals surface area contributed by atoms with Gasteiger partial charge in [-0.15, -0.1) is 0 Å². The summed E-state index contributed by atoms with van der Waals surface area (Å²) in [5.74, 6) is -2.27. The van der Waals surface area contributed by atoms with Crippen LogP contribution in [0, 0.1) is 17.6 Å². The molecule has 0 unspecified atom stereocenters. The first kappa shape index (κ1) is 18.0. The molecule has 1 saturated carbocycles. The number of hydrogen-bond donors (Lipinski definition) is 1. The zero-order valence-electron chi connectivity index (χ0n) is 14.0. The summed E-state index contributed by atoms with van der Waals surface area (Å²) in [5, 5.41) is 8.55. The maximum Gasteiger partial charge on any atom is 0.303 e. The molecule has 1 N–H and O–H groups in total. The SMILES string of the molecule is O=C(O)CCCOc1c(F)cc(-c2nccc(OCC3CC3)n2)cc1F. The third-order valence-corrected chi connectivity index (χ3v) is 3.83. The van der Waals surface area contributed by atoms with Crippen LogP contribution in [0.2, 0.25) is 0 Å². The summed E-state index contributed by atoms with van der Waals surface area (Å²) >= 11 is 0. The topological polar surface area (TPSA) is 81.5 Å². The van der Waals surface area contributed by atoms with Crippen LogP contribution in [-0.4, -0.2) is 34.3 Å². The van der Waals surface area contributed by atoms with E-state index in [1.165, 1.54) is 6.20 Å². The number of ether oxygens (including phenoxy) is 2. The van der Waals surface area contributed by atoms with Crippen molar-refractivity contribution < 1.29 is 28.2 Å². The molecule has 6 nitrogen and oxygen atoms in total. The molecule has 2 aromatic rings. The van der Waals surface area contributed by atoms with Crippen LogP contribution in [0.1, 0.15) is 25.7 Å². The number of aliphatic carboxylic acids is 1. The Hall–Kier alpha value is -2.77. The molecule has 0 atom stereocenters. The van der Waals surface area contributed by atoms with E-state index in [2.05, 4.69) is 9.97 Å². The molecule has 1 aliphatic carbocycles. The lowest BCUT2D eigenvalue weighted by atomic mass is 10.2. The molecule has 138 valence electrons. The Morgan fingerprint density at radius 2 is 1.96 bits per heavy atom. The number of nitrogens with zero attached hydrogens (tertiary/aromatic N) is 2. The van der Waals surface area contributed by atoms with Crippen molar-refractivity contribution in [2.24, 2.45) is 5.92 Å². The van der Waals surface area contributed by atoms with Crippen LogP contribution in [0.5, 0.6) is 11.6 Å². The Labute approximate surface area is 148 Å². The predicted molar refractivity (Wildman–Crippen MR) is 88.0 cm³/mol. The quantitative estimate of drug-likeness (QED) is 0.687. The fourth-order valence-corrected chi connectivity index (χ4v) is 2.27. The molecule has 0 bridgehead atoms. The summed E-state index contributed by atoms with van der Waals surface area (Å²) < 4.78 is 38.9. The molecule has 0 radical (unpaired) electrons. The molecule has 3 rings (SSSR count). The molecule has 0 spiro atoms. The summed E-state index contributed by atoms with van der Waals surface area (Å²) in [5.41, 5.74) is 0.162. The predicted octanol–water partition coefficient (Wildman–Crippen LogP) is 3.45. The van der Waals surface area contributed by atoms with Crippen molar-refractivity contribution in [1.29, 1.82) is 0 Å². The number of carboxylic acids is 1. The second-order valence-corrected chi connectivity index (χ2v) is 6.09. The first-order valence-corrected chi connectivity index (χ1v) is 8.33. The fraction of sp³-hybridized carbons (Fsp3) is 0.389. The van der Waals surface area contributed by atoms with Crippen LogP contribution in [0.15, 0.2) is 24.4 Å². The van der Waals surface area contributed by atoms with Gasteiger partial charge in [0.1, 0.15) is 0 Å². The molecular weight excluding hydrogens is 346 g/mol. The maximum absolute atomic E-state index is 14.2.